The third-order valence-corrected chi connectivity index (χ3v) is 3.00. The minimum absolute atomic E-state index is 0.322. The molecule has 0 bridgehead atoms. The minimum Gasteiger partial charge on any atom is -0.478 e. The molecule has 18 heavy (non-hydrogen) atoms. The van der Waals surface area contributed by atoms with Crippen molar-refractivity contribution in [3.05, 3.63) is 41.2 Å². The highest BCUT2D eigenvalue weighted by Gasteiger charge is 2.12. The fraction of sp³-hybridized carbons (Fsp3) is 0.357. The quantitative estimate of drug-likeness (QED) is 0.833. The zero-order valence-corrected chi connectivity index (χ0v) is 10.1. The minimum atomic E-state index is -1.03. The van der Waals surface area contributed by atoms with Crippen LogP contribution in [0, 0.1) is 5.82 Å². The van der Waals surface area contributed by atoms with Crippen molar-refractivity contribution in [2.24, 2.45) is 0 Å². The number of likely N-dealkylation sites (tertiary alicyclic amines) is 1. The maximum absolute atomic E-state index is 13.4. The standard InChI is InChI=1S/C14H16FNO2/c15-13-8-11(3-4-14(17)18)7-12(9-13)10-16-5-1-2-6-16/h3-4,7-9H,1-2,5-6,10H2,(H,17,18). The Bertz CT molecular complexity index is 465. The van der Waals surface area contributed by atoms with Crippen LogP contribution >= 0.6 is 0 Å². The molecule has 0 saturated carbocycles. The summed E-state index contributed by atoms with van der Waals surface area (Å²) in [7, 11) is 0. The summed E-state index contributed by atoms with van der Waals surface area (Å²) in [5, 5.41) is 8.55. The predicted molar refractivity (Wildman–Crippen MR) is 67.6 cm³/mol. The molecule has 0 aliphatic carbocycles. The van der Waals surface area contributed by atoms with Crippen LogP contribution in [0.1, 0.15) is 24.0 Å². The van der Waals surface area contributed by atoms with Crippen LogP contribution in [0.5, 0.6) is 0 Å². The lowest BCUT2D eigenvalue weighted by molar-refractivity contribution is -0.131. The molecule has 0 radical (unpaired) electrons. The van der Waals surface area contributed by atoms with Gasteiger partial charge in [-0.25, -0.2) is 9.18 Å². The normalized spacial score (nSPS) is 16.5. The van der Waals surface area contributed by atoms with Crippen molar-refractivity contribution < 1.29 is 14.3 Å². The van der Waals surface area contributed by atoms with E-state index in [9.17, 15) is 9.18 Å². The van der Waals surface area contributed by atoms with Gasteiger partial charge in [0.1, 0.15) is 5.82 Å². The van der Waals surface area contributed by atoms with Gasteiger partial charge in [0.15, 0.2) is 0 Å². The number of hydrogen-bond acceptors (Lipinski definition) is 2. The van der Waals surface area contributed by atoms with Crippen molar-refractivity contribution in [3.63, 3.8) is 0 Å². The van der Waals surface area contributed by atoms with E-state index in [2.05, 4.69) is 4.90 Å². The van der Waals surface area contributed by atoms with Gasteiger partial charge in [-0.3, -0.25) is 4.90 Å². The molecular weight excluding hydrogens is 233 g/mol. The number of halogens is 1. The van der Waals surface area contributed by atoms with Crippen molar-refractivity contribution in [2.45, 2.75) is 19.4 Å². The van der Waals surface area contributed by atoms with E-state index < -0.39 is 5.97 Å². The molecule has 0 spiro atoms. The van der Waals surface area contributed by atoms with E-state index in [-0.39, 0.29) is 5.82 Å². The van der Waals surface area contributed by atoms with E-state index in [1.165, 1.54) is 31.1 Å². The number of carbonyl (C=O) groups is 1. The van der Waals surface area contributed by atoms with Crippen LogP contribution < -0.4 is 0 Å². The molecule has 1 fully saturated rings. The number of benzene rings is 1. The smallest absolute Gasteiger partial charge is 0.328 e. The molecule has 2 rings (SSSR count). The molecule has 0 atom stereocenters. The number of aliphatic carboxylic acids is 1. The number of hydrogen-bond donors (Lipinski definition) is 1. The Morgan fingerprint density at radius 3 is 2.72 bits per heavy atom. The summed E-state index contributed by atoms with van der Waals surface area (Å²) < 4.78 is 13.4. The maximum Gasteiger partial charge on any atom is 0.328 e. The summed E-state index contributed by atoms with van der Waals surface area (Å²) >= 11 is 0. The third kappa shape index (κ3) is 3.67. The van der Waals surface area contributed by atoms with Crippen molar-refractivity contribution >= 4 is 12.0 Å². The van der Waals surface area contributed by atoms with E-state index in [0.29, 0.717) is 5.56 Å². The van der Waals surface area contributed by atoms with Gasteiger partial charge < -0.3 is 5.11 Å². The van der Waals surface area contributed by atoms with Crippen LogP contribution in [-0.2, 0) is 11.3 Å². The first-order valence-electron chi connectivity index (χ1n) is 6.06. The van der Waals surface area contributed by atoms with Crippen molar-refractivity contribution in [2.75, 3.05) is 13.1 Å². The Morgan fingerprint density at radius 1 is 1.33 bits per heavy atom. The fourth-order valence-electron chi connectivity index (χ4n) is 2.23. The first kappa shape index (κ1) is 12.8. The largest absolute Gasteiger partial charge is 0.478 e. The van der Waals surface area contributed by atoms with Crippen molar-refractivity contribution in [3.8, 4) is 0 Å². The van der Waals surface area contributed by atoms with Gasteiger partial charge in [-0.1, -0.05) is 6.07 Å². The lowest BCUT2D eigenvalue weighted by Gasteiger charge is -2.14. The second-order valence-electron chi connectivity index (χ2n) is 4.55. The molecule has 4 heteroatoms. The van der Waals surface area contributed by atoms with Gasteiger partial charge in [0.05, 0.1) is 0 Å². The second kappa shape index (κ2) is 5.78. The summed E-state index contributed by atoms with van der Waals surface area (Å²) in [6.45, 7) is 2.83. The summed E-state index contributed by atoms with van der Waals surface area (Å²) in [6.07, 6.45) is 4.83. The van der Waals surface area contributed by atoms with Crippen LogP contribution in [0.15, 0.2) is 24.3 Å². The number of carboxylic acids is 1. The van der Waals surface area contributed by atoms with Crippen LogP contribution in [-0.4, -0.2) is 29.1 Å². The average molecular weight is 249 g/mol. The summed E-state index contributed by atoms with van der Waals surface area (Å²) in [5.74, 6) is -1.35. The zero-order chi connectivity index (χ0) is 13.0. The Morgan fingerprint density at radius 2 is 2.06 bits per heavy atom. The van der Waals surface area contributed by atoms with E-state index in [4.69, 9.17) is 5.11 Å². The Balaban J connectivity index is 2.12. The van der Waals surface area contributed by atoms with Gasteiger partial charge in [-0.2, -0.15) is 0 Å². The second-order valence-corrected chi connectivity index (χ2v) is 4.55. The molecule has 1 saturated heterocycles. The highest BCUT2D eigenvalue weighted by molar-refractivity contribution is 5.85. The average Bonchev–Trinajstić information content (AvgIpc) is 2.78. The fourth-order valence-corrected chi connectivity index (χ4v) is 2.23. The third-order valence-electron chi connectivity index (χ3n) is 3.00. The van der Waals surface area contributed by atoms with Crippen molar-refractivity contribution in [1.82, 2.24) is 4.90 Å². The van der Waals surface area contributed by atoms with Crippen LogP contribution in [0.3, 0.4) is 0 Å². The molecule has 1 aromatic carbocycles. The van der Waals surface area contributed by atoms with Gasteiger partial charge >= 0.3 is 5.97 Å². The molecule has 1 aliphatic heterocycles. The van der Waals surface area contributed by atoms with E-state index in [1.807, 2.05) is 6.07 Å². The molecule has 0 amide bonds. The molecule has 3 nitrogen and oxygen atoms in total. The number of nitrogens with zero attached hydrogens (tertiary/aromatic N) is 1. The topological polar surface area (TPSA) is 40.5 Å². The highest BCUT2D eigenvalue weighted by atomic mass is 19.1. The molecule has 1 N–H and O–H groups in total. The number of carboxylic acid groups (broad SMARTS) is 1. The summed E-state index contributed by atoms with van der Waals surface area (Å²) in [4.78, 5) is 12.7. The van der Waals surface area contributed by atoms with Gasteiger partial charge in [0.2, 0.25) is 0 Å². The van der Waals surface area contributed by atoms with E-state index in [1.54, 1.807) is 0 Å². The maximum atomic E-state index is 13.4. The van der Waals surface area contributed by atoms with Gasteiger partial charge in [-0.15, -0.1) is 0 Å². The van der Waals surface area contributed by atoms with Crippen LogP contribution in [0.2, 0.25) is 0 Å². The molecule has 0 unspecified atom stereocenters. The lowest BCUT2D eigenvalue weighted by Crippen LogP contribution is -2.18. The Labute approximate surface area is 106 Å². The SMILES string of the molecule is O=C(O)C=Cc1cc(F)cc(CN2CCCC2)c1. The molecule has 0 aromatic heterocycles. The van der Waals surface area contributed by atoms with Crippen molar-refractivity contribution in [1.29, 1.82) is 0 Å². The first-order chi connectivity index (χ1) is 8.63. The lowest BCUT2D eigenvalue weighted by atomic mass is 10.1. The predicted octanol–water partition coefficient (Wildman–Crippen LogP) is 2.52. The number of rotatable bonds is 4. The van der Waals surface area contributed by atoms with E-state index in [0.717, 1.165) is 31.3 Å². The zero-order valence-electron chi connectivity index (χ0n) is 10.1. The Kier molecular flexibility index (Phi) is 4.10. The molecule has 1 heterocycles. The summed E-state index contributed by atoms with van der Waals surface area (Å²) in [6, 6.07) is 4.68. The molecular formula is C14H16FNO2. The van der Waals surface area contributed by atoms with Gasteiger partial charge in [0.25, 0.3) is 0 Å². The van der Waals surface area contributed by atoms with Crippen LogP contribution in [0.25, 0.3) is 6.08 Å². The molecule has 1 aromatic rings. The Hall–Kier alpha value is -1.68. The molecule has 1 aliphatic rings. The monoisotopic (exact) mass is 249 g/mol. The van der Waals surface area contributed by atoms with Gasteiger partial charge in [-0.05, 0) is 55.3 Å². The summed E-state index contributed by atoms with van der Waals surface area (Å²) in [5.41, 5.74) is 1.48. The van der Waals surface area contributed by atoms with E-state index >= 15 is 0 Å². The van der Waals surface area contributed by atoms with Gasteiger partial charge in [0, 0.05) is 12.6 Å². The first-order valence-corrected chi connectivity index (χ1v) is 6.06. The highest BCUT2D eigenvalue weighted by Crippen LogP contribution is 2.16. The molecule has 96 valence electrons. The van der Waals surface area contributed by atoms with Crippen LogP contribution in [0.4, 0.5) is 4.39 Å².